The molecule has 2 amide bonds. The molecule has 6 nitrogen and oxygen atoms in total. The SMILES string of the molecule is CCO[C@@H]1C=C(COC(=O)c2ccccc2)C[C@@H]2C(=O)N(C)C(=O)[C@@H]21. The summed E-state index contributed by atoms with van der Waals surface area (Å²) >= 11 is 0. The largest absolute Gasteiger partial charge is 0.458 e. The second-order valence-corrected chi connectivity index (χ2v) is 6.26. The number of rotatable bonds is 5. The van der Waals surface area contributed by atoms with Crippen molar-refractivity contribution >= 4 is 17.8 Å². The van der Waals surface area contributed by atoms with Gasteiger partial charge < -0.3 is 9.47 Å². The first kappa shape index (κ1) is 17.4. The fourth-order valence-electron chi connectivity index (χ4n) is 3.44. The minimum absolute atomic E-state index is 0.0890. The first-order chi connectivity index (χ1) is 12.0. The van der Waals surface area contributed by atoms with E-state index in [-0.39, 0.29) is 18.4 Å². The molecule has 1 fully saturated rings. The first-order valence-electron chi connectivity index (χ1n) is 8.37. The molecule has 1 aromatic rings. The maximum absolute atomic E-state index is 12.3. The summed E-state index contributed by atoms with van der Waals surface area (Å²) in [5.41, 5.74) is 1.28. The topological polar surface area (TPSA) is 72.9 Å². The zero-order chi connectivity index (χ0) is 18.0. The Kier molecular flexibility index (Phi) is 4.99. The highest BCUT2D eigenvalue weighted by atomic mass is 16.5. The van der Waals surface area contributed by atoms with Crippen molar-refractivity contribution < 1.29 is 23.9 Å². The Morgan fingerprint density at radius 3 is 2.60 bits per heavy atom. The van der Waals surface area contributed by atoms with Crippen LogP contribution in [0.1, 0.15) is 23.7 Å². The van der Waals surface area contributed by atoms with Gasteiger partial charge in [0, 0.05) is 13.7 Å². The summed E-state index contributed by atoms with van der Waals surface area (Å²) in [5.74, 6) is -1.73. The van der Waals surface area contributed by atoms with E-state index in [1.807, 2.05) is 19.1 Å². The molecule has 6 heteroatoms. The van der Waals surface area contributed by atoms with Crippen molar-refractivity contribution in [1.82, 2.24) is 4.90 Å². The molecule has 0 bridgehead atoms. The molecule has 0 unspecified atom stereocenters. The van der Waals surface area contributed by atoms with Gasteiger partial charge in [0.2, 0.25) is 11.8 Å². The number of hydrogen-bond donors (Lipinski definition) is 0. The smallest absolute Gasteiger partial charge is 0.338 e. The van der Waals surface area contributed by atoms with E-state index < -0.39 is 23.9 Å². The number of hydrogen-bond acceptors (Lipinski definition) is 5. The van der Waals surface area contributed by atoms with Crippen molar-refractivity contribution in [3.05, 3.63) is 47.5 Å². The molecule has 0 radical (unpaired) electrons. The summed E-state index contributed by atoms with van der Waals surface area (Å²) in [6.45, 7) is 2.37. The fraction of sp³-hybridized carbons (Fsp3) is 0.421. The zero-order valence-electron chi connectivity index (χ0n) is 14.3. The van der Waals surface area contributed by atoms with Crippen LogP contribution in [0.4, 0.5) is 0 Å². The molecule has 3 atom stereocenters. The van der Waals surface area contributed by atoms with E-state index in [0.717, 1.165) is 5.57 Å². The molecule has 1 aromatic carbocycles. The van der Waals surface area contributed by atoms with Crippen molar-refractivity contribution in [3.8, 4) is 0 Å². The fourth-order valence-corrected chi connectivity index (χ4v) is 3.44. The number of nitrogens with zero attached hydrogens (tertiary/aromatic N) is 1. The van der Waals surface area contributed by atoms with Crippen LogP contribution in [0.3, 0.4) is 0 Å². The lowest BCUT2D eigenvalue weighted by Gasteiger charge is -2.29. The number of carbonyl (C=O) groups is 3. The Morgan fingerprint density at radius 1 is 1.20 bits per heavy atom. The number of esters is 1. The Labute approximate surface area is 146 Å². The molecular weight excluding hydrogens is 322 g/mol. The second kappa shape index (κ2) is 7.19. The molecule has 1 aliphatic carbocycles. The summed E-state index contributed by atoms with van der Waals surface area (Å²) in [6, 6.07) is 8.73. The number of ether oxygens (including phenoxy) is 2. The molecule has 0 spiro atoms. The highest BCUT2D eigenvalue weighted by Crippen LogP contribution is 2.38. The van der Waals surface area contributed by atoms with Gasteiger partial charge in [-0.2, -0.15) is 0 Å². The maximum atomic E-state index is 12.3. The van der Waals surface area contributed by atoms with Gasteiger partial charge in [-0.3, -0.25) is 14.5 Å². The minimum Gasteiger partial charge on any atom is -0.458 e. The molecule has 0 N–H and O–H groups in total. The lowest BCUT2D eigenvalue weighted by Crippen LogP contribution is -2.36. The lowest BCUT2D eigenvalue weighted by molar-refractivity contribution is -0.138. The number of imide groups is 1. The number of benzene rings is 1. The van der Waals surface area contributed by atoms with Gasteiger partial charge in [-0.05, 0) is 31.1 Å². The molecule has 1 heterocycles. The van der Waals surface area contributed by atoms with Gasteiger partial charge in [0.15, 0.2) is 0 Å². The van der Waals surface area contributed by atoms with Crippen molar-refractivity contribution in [2.75, 3.05) is 20.3 Å². The molecule has 2 aliphatic rings. The monoisotopic (exact) mass is 343 g/mol. The van der Waals surface area contributed by atoms with E-state index in [4.69, 9.17) is 9.47 Å². The van der Waals surface area contributed by atoms with Crippen molar-refractivity contribution in [3.63, 3.8) is 0 Å². The summed E-state index contributed by atoms with van der Waals surface area (Å²) in [4.78, 5) is 37.9. The van der Waals surface area contributed by atoms with Crippen LogP contribution < -0.4 is 0 Å². The van der Waals surface area contributed by atoms with Gasteiger partial charge in [0.1, 0.15) is 6.61 Å². The molecule has 0 aromatic heterocycles. The van der Waals surface area contributed by atoms with E-state index in [9.17, 15) is 14.4 Å². The summed E-state index contributed by atoms with van der Waals surface area (Å²) in [7, 11) is 1.50. The van der Waals surface area contributed by atoms with Crippen LogP contribution in [0.25, 0.3) is 0 Å². The normalized spacial score (nSPS) is 25.6. The maximum Gasteiger partial charge on any atom is 0.338 e. The third-order valence-corrected chi connectivity index (χ3v) is 4.69. The molecule has 3 rings (SSSR count). The van der Waals surface area contributed by atoms with Gasteiger partial charge in [0.05, 0.1) is 23.5 Å². The second-order valence-electron chi connectivity index (χ2n) is 6.26. The number of likely N-dealkylation sites (tertiary alicyclic amines) is 1. The Balaban J connectivity index is 1.72. The van der Waals surface area contributed by atoms with Gasteiger partial charge in [-0.25, -0.2) is 4.79 Å². The predicted molar refractivity (Wildman–Crippen MR) is 89.6 cm³/mol. The van der Waals surface area contributed by atoms with Crippen LogP contribution in [-0.4, -0.2) is 49.0 Å². The average Bonchev–Trinajstić information content (AvgIpc) is 2.85. The molecular formula is C19H21NO5. The number of carbonyl (C=O) groups excluding carboxylic acids is 3. The van der Waals surface area contributed by atoms with Crippen LogP contribution in [-0.2, 0) is 19.1 Å². The van der Waals surface area contributed by atoms with Crippen LogP contribution in [0.15, 0.2) is 42.0 Å². The Morgan fingerprint density at radius 2 is 1.92 bits per heavy atom. The van der Waals surface area contributed by atoms with Gasteiger partial charge in [0.25, 0.3) is 0 Å². The van der Waals surface area contributed by atoms with E-state index in [0.29, 0.717) is 18.6 Å². The van der Waals surface area contributed by atoms with E-state index in [1.54, 1.807) is 24.3 Å². The average molecular weight is 343 g/mol. The van der Waals surface area contributed by atoms with Gasteiger partial charge in [-0.15, -0.1) is 0 Å². The van der Waals surface area contributed by atoms with Gasteiger partial charge >= 0.3 is 5.97 Å². The van der Waals surface area contributed by atoms with Crippen LogP contribution in [0, 0.1) is 11.8 Å². The number of amides is 2. The summed E-state index contributed by atoms with van der Waals surface area (Å²) in [6.07, 6.45) is 1.77. The molecule has 1 aliphatic heterocycles. The summed E-state index contributed by atoms with van der Waals surface area (Å²) < 4.78 is 11.0. The quantitative estimate of drug-likeness (QED) is 0.463. The van der Waals surface area contributed by atoms with Crippen molar-refractivity contribution in [1.29, 1.82) is 0 Å². The van der Waals surface area contributed by atoms with E-state index >= 15 is 0 Å². The first-order valence-corrected chi connectivity index (χ1v) is 8.37. The van der Waals surface area contributed by atoms with Gasteiger partial charge in [-0.1, -0.05) is 24.3 Å². The van der Waals surface area contributed by atoms with Crippen LogP contribution in [0.5, 0.6) is 0 Å². The Hall–Kier alpha value is -2.47. The van der Waals surface area contributed by atoms with Crippen molar-refractivity contribution in [2.45, 2.75) is 19.4 Å². The highest BCUT2D eigenvalue weighted by Gasteiger charge is 2.51. The highest BCUT2D eigenvalue weighted by molar-refractivity contribution is 6.05. The molecule has 25 heavy (non-hydrogen) atoms. The van der Waals surface area contributed by atoms with Crippen molar-refractivity contribution in [2.24, 2.45) is 11.8 Å². The van der Waals surface area contributed by atoms with E-state index in [1.165, 1.54) is 11.9 Å². The standard InChI is InChI=1S/C19H21NO5/c1-3-24-15-10-12(9-14-16(15)18(22)20(2)17(14)21)11-25-19(23)13-7-5-4-6-8-13/h4-8,10,14-16H,3,9,11H2,1-2H3/t14-,15+,16-/m0/s1. The van der Waals surface area contributed by atoms with Crippen LogP contribution in [0.2, 0.25) is 0 Å². The summed E-state index contributed by atoms with van der Waals surface area (Å²) in [5, 5.41) is 0. The lowest BCUT2D eigenvalue weighted by atomic mass is 9.79. The third-order valence-electron chi connectivity index (χ3n) is 4.69. The van der Waals surface area contributed by atoms with E-state index in [2.05, 4.69) is 0 Å². The van der Waals surface area contributed by atoms with Crippen LogP contribution >= 0.6 is 0 Å². The number of fused-ring (bicyclic) bond motifs is 1. The molecule has 1 saturated heterocycles. The molecule has 132 valence electrons. The Bertz CT molecular complexity index is 712. The molecule has 0 saturated carbocycles. The third kappa shape index (κ3) is 3.35. The minimum atomic E-state index is -0.481. The predicted octanol–water partition coefficient (Wildman–Crippen LogP) is 1.81. The zero-order valence-corrected chi connectivity index (χ0v) is 14.3.